The smallest absolute Gasteiger partial charge is 0.305 e. The first-order valence-corrected chi connectivity index (χ1v) is 5.30. The third-order valence-electron chi connectivity index (χ3n) is 2.46. The van der Waals surface area contributed by atoms with Gasteiger partial charge < -0.3 is 10.7 Å². The lowest BCUT2D eigenvalue weighted by Crippen LogP contribution is -2.03. The van der Waals surface area contributed by atoms with E-state index in [-0.39, 0.29) is 0 Å². The van der Waals surface area contributed by atoms with Gasteiger partial charge in [-0.2, -0.15) is 4.39 Å². The van der Waals surface area contributed by atoms with E-state index in [1.165, 1.54) is 12.1 Å². The predicted molar refractivity (Wildman–Crippen MR) is 63.4 cm³/mol. The summed E-state index contributed by atoms with van der Waals surface area (Å²) in [5, 5.41) is 10.6. The summed E-state index contributed by atoms with van der Waals surface area (Å²) < 4.78 is 13.2. The molecule has 1 aromatic heterocycles. The van der Waals surface area contributed by atoms with Crippen LogP contribution in [-0.2, 0) is 6.42 Å². The molecule has 0 aliphatic rings. The first-order chi connectivity index (χ1) is 8.61. The highest BCUT2D eigenvalue weighted by molar-refractivity contribution is 5.62. The molecule has 0 saturated carbocycles. The fourth-order valence-electron chi connectivity index (χ4n) is 1.59. The zero-order valence-electron chi connectivity index (χ0n) is 9.39. The van der Waals surface area contributed by atoms with Crippen molar-refractivity contribution in [1.29, 1.82) is 0 Å². The molecule has 0 unspecified atom stereocenters. The average molecular weight is 250 g/mol. The number of imidazole rings is 1. The van der Waals surface area contributed by atoms with E-state index in [9.17, 15) is 14.5 Å². The molecule has 0 atom stereocenters. The van der Waals surface area contributed by atoms with E-state index in [0.717, 1.165) is 6.07 Å². The maximum absolute atomic E-state index is 13.2. The monoisotopic (exact) mass is 250 g/mol. The predicted octanol–water partition coefficient (Wildman–Crippen LogP) is 1.63. The summed E-state index contributed by atoms with van der Waals surface area (Å²) in [7, 11) is 0. The summed E-state index contributed by atoms with van der Waals surface area (Å²) in [6.07, 6.45) is 2.13. The van der Waals surface area contributed by atoms with Gasteiger partial charge >= 0.3 is 5.69 Å². The maximum atomic E-state index is 13.2. The third-order valence-corrected chi connectivity index (χ3v) is 2.46. The number of aromatic amines is 1. The summed E-state index contributed by atoms with van der Waals surface area (Å²) in [4.78, 5) is 16.9. The van der Waals surface area contributed by atoms with Crippen LogP contribution in [0, 0.1) is 15.9 Å². The normalized spacial score (nSPS) is 10.6. The number of nitrogens with two attached hydrogens (primary N) is 1. The highest BCUT2D eigenvalue weighted by Gasteiger charge is 2.15. The van der Waals surface area contributed by atoms with Crippen LogP contribution in [-0.4, -0.2) is 21.4 Å². The minimum absolute atomic E-state index is 0.455. The molecule has 94 valence electrons. The van der Waals surface area contributed by atoms with Crippen molar-refractivity contribution in [1.82, 2.24) is 9.97 Å². The van der Waals surface area contributed by atoms with Crippen molar-refractivity contribution in [2.75, 3.05) is 6.54 Å². The molecule has 0 spiro atoms. The van der Waals surface area contributed by atoms with E-state index in [2.05, 4.69) is 9.97 Å². The molecule has 18 heavy (non-hydrogen) atoms. The lowest BCUT2D eigenvalue weighted by atomic mass is 10.1. The lowest BCUT2D eigenvalue weighted by Gasteiger charge is -1.99. The molecule has 6 nitrogen and oxygen atoms in total. The number of nitro benzene ring substituents is 1. The molecular weight excluding hydrogens is 239 g/mol. The first-order valence-electron chi connectivity index (χ1n) is 5.30. The minimum Gasteiger partial charge on any atom is -0.342 e. The van der Waals surface area contributed by atoms with Gasteiger partial charge in [0, 0.05) is 18.1 Å². The second-order valence-corrected chi connectivity index (χ2v) is 3.71. The Morgan fingerprint density at radius 2 is 2.28 bits per heavy atom. The molecule has 0 radical (unpaired) electrons. The van der Waals surface area contributed by atoms with Gasteiger partial charge in [-0.05, 0) is 18.7 Å². The largest absolute Gasteiger partial charge is 0.342 e. The minimum atomic E-state index is -0.856. The SMILES string of the molecule is NCCc1ncc(-c2ccc(F)c([N+](=O)[O-])c2)[nH]1. The lowest BCUT2D eigenvalue weighted by molar-refractivity contribution is -0.387. The van der Waals surface area contributed by atoms with Gasteiger partial charge in [-0.1, -0.05) is 0 Å². The van der Waals surface area contributed by atoms with Crippen LogP contribution in [0.1, 0.15) is 5.82 Å². The molecule has 1 aromatic carbocycles. The molecule has 2 aromatic rings. The summed E-state index contributed by atoms with van der Waals surface area (Å²) in [6.45, 7) is 0.455. The van der Waals surface area contributed by atoms with Gasteiger partial charge in [0.15, 0.2) is 0 Å². The van der Waals surface area contributed by atoms with Gasteiger partial charge in [0.1, 0.15) is 5.82 Å². The van der Waals surface area contributed by atoms with E-state index in [1.54, 1.807) is 6.20 Å². The van der Waals surface area contributed by atoms with Gasteiger partial charge in [-0.3, -0.25) is 10.1 Å². The number of nitrogens with one attached hydrogen (secondary N) is 1. The molecule has 0 bridgehead atoms. The van der Waals surface area contributed by atoms with Gasteiger partial charge in [-0.15, -0.1) is 0 Å². The van der Waals surface area contributed by atoms with Crippen LogP contribution in [0.5, 0.6) is 0 Å². The number of hydrogen-bond acceptors (Lipinski definition) is 4. The van der Waals surface area contributed by atoms with Crippen molar-refractivity contribution in [2.24, 2.45) is 5.73 Å². The zero-order valence-corrected chi connectivity index (χ0v) is 9.39. The van der Waals surface area contributed by atoms with Crippen molar-refractivity contribution in [2.45, 2.75) is 6.42 Å². The topological polar surface area (TPSA) is 97.8 Å². The van der Waals surface area contributed by atoms with Crippen molar-refractivity contribution in [3.63, 3.8) is 0 Å². The van der Waals surface area contributed by atoms with Gasteiger partial charge in [0.25, 0.3) is 0 Å². The number of benzene rings is 1. The Morgan fingerprint density at radius 1 is 1.50 bits per heavy atom. The molecule has 0 aliphatic carbocycles. The van der Waals surface area contributed by atoms with E-state index in [0.29, 0.717) is 30.0 Å². The Hall–Kier alpha value is -2.28. The Bertz CT molecular complexity index is 582. The number of nitrogens with zero attached hydrogens (tertiary/aromatic N) is 2. The number of nitro groups is 1. The number of H-pyrrole nitrogens is 1. The number of aromatic nitrogens is 2. The van der Waals surface area contributed by atoms with Crippen molar-refractivity contribution < 1.29 is 9.31 Å². The molecule has 3 N–H and O–H groups in total. The number of rotatable bonds is 4. The van der Waals surface area contributed by atoms with E-state index < -0.39 is 16.4 Å². The van der Waals surface area contributed by atoms with Crippen molar-refractivity contribution in [3.05, 3.63) is 46.2 Å². The van der Waals surface area contributed by atoms with Gasteiger partial charge in [0.2, 0.25) is 5.82 Å². The van der Waals surface area contributed by atoms with Crippen LogP contribution in [0.25, 0.3) is 11.3 Å². The summed E-state index contributed by atoms with van der Waals surface area (Å²) in [5.74, 6) is -0.162. The van der Waals surface area contributed by atoms with E-state index >= 15 is 0 Å². The average Bonchev–Trinajstić information content (AvgIpc) is 2.78. The van der Waals surface area contributed by atoms with Crippen LogP contribution in [0.15, 0.2) is 24.4 Å². The third kappa shape index (κ3) is 2.35. The zero-order chi connectivity index (χ0) is 13.1. The van der Waals surface area contributed by atoms with Crippen LogP contribution in [0.3, 0.4) is 0 Å². The quantitative estimate of drug-likeness (QED) is 0.636. The second kappa shape index (κ2) is 4.92. The van der Waals surface area contributed by atoms with Gasteiger partial charge in [-0.25, -0.2) is 4.98 Å². The van der Waals surface area contributed by atoms with Crippen molar-refractivity contribution >= 4 is 5.69 Å². The number of halogens is 1. The van der Waals surface area contributed by atoms with Crippen LogP contribution < -0.4 is 5.73 Å². The number of hydrogen-bond donors (Lipinski definition) is 2. The van der Waals surface area contributed by atoms with Crippen LogP contribution >= 0.6 is 0 Å². The summed E-state index contributed by atoms with van der Waals surface area (Å²) >= 11 is 0. The molecule has 0 saturated heterocycles. The summed E-state index contributed by atoms with van der Waals surface area (Å²) in [6, 6.07) is 3.70. The molecule has 7 heteroatoms. The fourth-order valence-corrected chi connectivity index (χ4v) is 1.59. The highest BCUT2D eigenvalue weighted by Crippen LogP contribution is 2.25. The molecule has 2 rings (SSSR count). The van der Waals surface area contributed by atoms with E-state index in [1.807, 2.05) is 0 Å². The van der Waals surface area contributed by atoms with Crippen molar-refractivity contribution in [3.8, 4) is 11.3 Å². The Labute approximate surface area is 102 Å². The second-order valence-electron chi connectivity index (χ2n) is 3.71. The highest BCUT2D eigenvalue weighted by atomic mass is 19.1. The Kier molecular flexibility index (Phi) is 3.33. The Balaban J connectivity index is 2.38. The molecule has 1 heterocycles. The van der Waals surface area contributed by atoms with Gasteiger partial charge in [0.05, 0.1) is 16.8 Å². The molecule has 0 fully saturated rings. The first kappa shape index (κ1) is 12.2. The molecular formula is C11H11FN4O2. The van der Waals surface area contributed by atoms with Crippen LogP contribution in [0.2, 0.25) is 0 Å². The Morgan fingerprint density at radius 3 is 2.94 bits per heavy atom. The van der Waals surface area contributed by atoms with Crippen LogP contribution in [0.4, 0.5) is 10.1 Å². The molecule has 0 amide bonds. The maximum Gasteiger partial charge on any atom is 0.305 e. The summed E-state index contributed by atoms with van der Waals surface area (Å²) in [5.41, 5.74) is 5.95. The molecule has 0 aliphatic heterocycles. The standard InChI is InChI=1S/C11H11FN4O2/c12-8-2-1-7(5-10(8)16(17)18)9-6-14-11(15-9)3-4-13/h1-2,5-6H,3-4,13H2,(H,14,15). The fraction of sp³-hybridized carbons (Fsp3) is 0.182. The van der Waals surface area contributed by atoms with E-state index in [4.69, 9.17) is 5.73 Å².